The monoisotopic (exact) mass is 467 g/mol. The fourth-order valence-electron chi connectivity index (χ4n) is 4.01. The van der Waals surface area contributed by atoms with Crippen molar-refractivity contribution in [3.8, 4) is 17.3 Å². The number of aromatic nitrogens is 6. The van der Waals surface area contributed by atoms with Gasteiger partial charge in [0.25, 0.3) is 0 Å². The summed E-state index contributed by atoms with van der Waals surface area (Å²) in [5, 5.41) is 12.9. The summed E-state index contributed by atoms with van der Waals surface area (Å²) in [6.45, 7) is 6.00. The molecular formula is C26H25N7O2. The second-order valence-corrected chi connectivity index (χ2v) is 8.37. The SMILES string of the molecule is COc1ccc(CC(=O)Nc2cc(C)nn2-c2ncnc3c2cnn3-c2cccc(C)c2C)cc1. The molecule has 0 fully saturated rings. The van der Waals surface area contributed by atoms with Crippen molar-refractivity contribution < 1.29 is 9.53 Å². The van der Waals surface area contributed by atoms with Crippen LogP contribution in [0.25, 0.3) is 22.5 Å². The molecule has 3 heterocycles. The van der Waals surface area contributed by atoms with E-state index in [1.165, 1.54) is 11.9 Å². The zero-order valence-corrected chi connectivity index (χ0v) is 20.0. The Kier molecular flexibility index (Phi) is 5.74. The number of aryl methyl sites for hydroxylation is 2. The number of fused-ring (bicyclic) bond motifs is 1. The lowest BCUT2D eigenvalue weighted by molar-refractivity contribution is -0.115. The molecule has 35 heavy (non-hydrogen) atoms. The van der Waals surface area contributed by atoms with Crippen LogP contribution in [0.5, 0.6) is 5.75 Å². The van der Waals surface area contributed by atoms with E-state index < -0.39 is 0 Å². The van der Waals surface area contributed by atoms with E-state index >= 15 is 0 Å². The van der Waals surface area contributed by atoms with Gasteiger partial charge in [0.2, 0.25) is 5.91 Å². The van der Waals surface area contributed by atoms with E-state index in [0.29, 0.717) is 17.3 Å². The van der Waals surface area contributed by atoms with E-state index in [1.807, 2.05) is 49.4 Å². The maximum absolute atomic E-state index is 12.8. The van der Waals surface area contributed by atoms with Crippen molar-refractivity contribution in [3.05, 3.63) is 83.4 Å². The smallest absolute Gasteiger partial charge is 0.229 e. The van der Waals surface area contributed by atoms with Crippen LogP contribution in [0.1, 0.15) is 22.4 Å². The Morgan fingerprint density at radius 1 is 1.03 bits per heavy atom. The number of carbonyl (C=O) groups excluding carboxylic acids is 1. The van der Waals surface area contributed by atoms with Gasteiger partial charge in [-0.05, 0) is 55.7 Å². The highest BCUT2D eigenvalue weighted by Crippen LogP contribution is 2.26. The average Bonchev–Trinajstić information content (AvgIpc) is 3.44. The van der Waals surface area contributed by atoms with Crippen LogP contribution in [0.4, 0.5) is 5.82 Å². The van der Waals surface area contributed by atoms with Gasteiger partial charge < -0.3 is 10.1 Å². The molecule has 0 aliphatic rings. The molecule has 5 aromatic rings. The van der Waals surface area contributed by atoms with Gasteiger partial charge in [0.1, 0.15) is 17.9 Å². The summed E-state index contributed by atoms with van der Waals surface area (Å²) < 4.78 is 8.62. The summed E-state index contributed by atoms with van der Waals surface area (Å²) in [7, 11) is 1.61. The zero-order valence-electron chi connectivity index (χ0n) is 20.0. The van der Waals surface area contributed by atoms with Gasteiger partial charge in [0.05, 0.1) is 36.5 Å². The summed E-state index contributed by atoms with van der Waals surface area (Å²) in [6, 6.07) is 15.3. The van der Waals surface area contributed by atoms with E-state index in [-0.39, 0.29) is 12.3 Å². The molecule has 0 aliphatic heterocycles. The third-order valence-corrected chi connectivity index (χ3v) is 5.97. The lowest BCUT2D eigenvalue weighted by Crippen LogP contribution is -2.17. The van der Waals surface area contributed by atoms with E-state index in [4.69, 9.17) is 4.74 Å². The molecule has 0 atom stereocenters. The summed E-state index contributed by atoms with van der Waals surface area (Å²) in [6.07, 6.45) is 3.44. The van der Waals surface area contributed by atoms with Crippen molar-refractivity contribution in [3.63, 3.8) is 0 Å². The lowest BCUT2D eigenvalue weighted by Gasteiger charge is -2.11. The normalized spacial score (nSPS) is 11.1. The fourth-order valence-corrected chi connectivity index (χ4v) is 4.01. The minimum absolute atomic E-state index is 0.160. The van der Waals surface area contributed by atoms with Gasteiger partial charge in [-0.2, -0.15) is 14.9 Å². The van der Waals surface area contributed by atoms with Gasteiger partial charge >= 0.3 is 0 Å². The largest absolute Gasteiger partial charge is 0.497 e. The number of nitrogens with zero attached hydrogens (tertiary/aromatic N) is 6. The molecule has 0 radical (unpaired) electrons. The van der Waals surface area contributed by atoms with Crippen LogP contribution in [0.15, 0.2) is 61.1 Å². The summed E-state index contributed by atoms with van der Waals surface area (Å²) >= 11 is 0. The topological polar surface area (TPSA) is 99.8 Å². The Balaban J connectivity index is 1.48. The third-order valence-electron chi connectivity index (χ3n) is 5.97. The molecule has 0 unspecified atom stereocenters. The van der Waals surface area contributed by atoms with Crippen molar-refractivity contribution >= 4 is 22.8 Å². The molecule has 0 saturated heterocycles. The minimum atomic E-state index is -0.160. The highest BCUT2D eigenvalue weighted by Gasteiger charge is 2.18. The van der Waals surface area contributed by atoms with Crippen molar-refractivity contribution in [1.29, 1.82) is 0 Å². The molecule has 2 aromatic carbocycles. The Hall–Kier alpha value is -4.53. The molecule has 176 valence electrons. The first-order valence-electron chi connectivity index (χ1n) is 11.2. The van der Waals surface area contributed by atoms with E-state index in [2.05, 4.69) is 45.4 Å². The predicted octanol–water partition coefficient (Wildman–Crippen LogP) is 4.12. The molecule has 1 amide bonds. The van der Waals surface area contributed by atoms with Crippen LogP contribution in [0.3, 0.4) is 0 Å². The van der Waals surface area contributed by atoms with Crippen LogP contribution < -0.4 is 10.1 Å². The van der Waals surface area contributed by atoms with Gasteiger partial charge in [0, 0.05) is 6.07 Å². The number of benzene rings is 2. The first kappa shape index (κ1) is 22.3. The number of ether oxygens (including phenoxy) is 1. The zero-order chi connectivity index (χ0) is 24.5. The minimum Gasteiger partial charge on any atom is -0.497 e. The van der Waals surface area contributed by atoms with Crippen molar-refractivity contribution in [1.82, 2.24) is 29.5 Å². The van der Waals surface area contributed by atoms with Crippen molar-refractivity contribution in [2.45, 2.75) is 27.2 Å². The summed E-state index contributed by atoms with van der Waals surface area (Å²) in [5.41, 5.74) is 5.54. The number of methoxy groups -OCH3 is 1. The van der Waals surface area contributed by atoms with Gasteiger partial charge in [-0.25, -0.2) is 14.6 Å². The molecule has 9 nitrogen and oxygen atoms in total. The van der Waals surface area contributed by atoms with Gasteiger partial charge in [-0.3, -0.25) is 4.79 Å². The van der Waals surface area contributed by atoms with Crippen LogP contribution in [-0.4, -0.2) is 42.5 Å². The Morgan fingerprint density at radius 3 is 2.60 bits per heavy atom. The van der Waals surface area contributed by atoms with E-state index in [1.54, 1.807) is 22.7 Å². The van der Waals surface area contributed by atoms with Gasteiger partial charge in [-0.1, -0.05) is 24.3 Å². The number of anilines is 1. The number of rotatable bonds is 6. The van der Waals surface area contributed by atoms with Gasteiger partial charge in [0.15, 0.2) is 11.5 Å². The second kappa shape index (κ2) is 9.02. The van der Waals surface area contributed by atoms with E-state index in [9.17, 15) is 4.79 Å². The molecule has 3 aromatic heterocycles. The molecule has 0 spiro atoms. The Morgan fingerprint density at radius 2 is 1.83 bits per heavy atom. The first-order chi connectivity index (χ1) is 16.9. The quantitative estimate of drug-likeness (QED) is 0.403. The maximum atomic E-state index is 12.8. The maximum Gasteiger partial charge on any atom is 0.229 e. The summed E-state index contributed by atoms with van der Waals surface area (Å²) in [5.74, 6) is 1.66. The van der Waals surface area contributed by atoms with E-state index in [0.717, 1.165) is 33.6 Å². The number of amides is 1. The predicted molar refractivity (Wildman–Crippen MR) is 133 cm³/mol. The number of hydrogen-bond donors (Lipinski definition) is 1. The third kappa shape index (κ3) is 4.23. The van der Waals surface area contributed by atoms with Gasteiger partial charge in [-0.15, -0.1) is 0 Å². The highest BCUT2D eigenvalue weighted by atomic mass is 16.5. The first-order valence-corrected chi connectivity index (χ1v) is 11.2. The molecule has 0 aliphatic carbocycles. The molecule has 9 heteroatoms. The van der Waals surface area contributed by atoms with Crippen LogP contribution in [0, 0.1) is 20.8 Å². The Bertz CT molecular complexity index is 1530. The van der Waals surface area contributed by atoms with Crippen LogP contribution in [0.2, 0.25) is 0 Å². The van der Waals surface area contributed by atoms with Crippen LogP contribution >= 0.6 is 0 Å². The number of nitrogens with one attached hydrogen (secondary N) is 1. The molecule has 0 saturated carbocycles. The fraction of sp³-hybridized carbons (Fsp3) is 0.192. The van der Waals surface area contributed by atoms with Crippen molar-refractivity contribution in [2.24, 2.45) is 0 Å². The Labute approximate surface area is 202 Å². The lowest BCUT2D eigenvalue weighted by atomic mass is 10.1. The van der Waals surface area contributed by atoms with Crippen LogP contribution in [-0.2, 0) is 11.2 Å². The molecular weight excluding hydrogens is 442 g/mol. The van der Waals surface area contributed by atoms with Crippen molar-refractivity contribution in [2.75, 3.05) is 12.4 Å². The standard InChI is InChI=1S/C26H25N7O2/c1-16-6-5-7-22(18(16)3)32-25-21(14-29-32)26(28-15-27-25)33-23(12-17(2)31-33)30-24(34)13-19-8-10-20(35-4)11-9-19/h5-12,14-15H,13H2,1-4H3,(H,30,34). The summed E-state index contributed by atoms with van der Waals surface area (Å²) in [4.78, 5) is 21.8. The molecule has 0 bridgehead atoms. The molecule has 5 rings (SSSR count). The average molecular weight is 468 g/mol. The molecule has 1 N–H and O–H groups in total. The second-order valence-electron chi connectivity index (χ2n) is 8.37. The highest BCUT2D eigenvalue weighted by molar-refractivity contribution is 5.92. The number of carbonyl (C=O) groups is 1. The number of hydrogen-bond acceptors (Lipinski definition) is 6.